The molecule has 0 spiro atoms. The van der Waals surface area contributed by atoms with E-state index in [9.17, 15) is 0 Å². The van der Waals surface area contributed by atoms with Gasteiger partial charge in [0.1, 0.15) is 11.6 Å². The third-order valence-electron chi connectivity index (χ3n) is 2.89. The molecule has 1 aliphatic heterocycles. The minimum atomic E-state index is -0.0979. The fourth-order valence-corrected chi connectivity index (χ4v) is 1.79. The van der Waals surface area contributed by atoms with Gasteiger partial charge in [0.2, 0.25) is 0 Å². The van der Waals surface area contributed by atoms with Crippen molar-refractivity contribution in [1.29, 1.82) is 0 Å². The molecule has 0 aliphatic carbocycles. The smallest absolute Gasteiger partial charge is 0.152 e. The second-order valence-electron chi connectivity index (χ2n) is 4.15. The molecule has 1 atom stereocenters. The fraction of sp³-hybridized carbons (Fsp3) is 0.417. The molecule has 0 saturated carbocycles. The number of aliphatic imine (C=N–C) groups is 1. The highest BCUT2D eigenvalue weighted by atomic mass is 16.5. The molecule has 0 amide bonds. The van der Waals surface area contributed by atoms with Crippen LogP contribution in [0, 0.1) is 6.92 Å². The normalized spacial score (nSPS) is 16.2. The Morgan fingerprint density at radius 1 is 1.41 bits per heavy atom. The van der Waals surface area contributed by atoms with E-state index in [4.69, 9.17) is 16.2 Å². The number of anilines is 2. The predicted molar refractivity (Wildman–Crippen MR) is 70.4 cm³/mol. The Balaban J connectivity index is 2.16. The van der Waals surface area contributed by atoms with Crippen molar-refractivity contribution in [3.63, 3.8) is 0 Å². The Kier molecular flexibility index (Phi) is 3.08. The van der Waals surface area contributed by atoms with Gasteiger partial charge in [0.25, 0.3) is 0 Å². The van der Waals surface area contributed by atoms with E-state index in [-0.39, 0.29) is 6.10 Å². The molecule has 0 bridgehead atoms. The van der Waals surface area contributed by atoms with Crippen LogP contribution in [0.4, 0.5) is 11.4 Å². The summed E-state index contributed by atoms with van der Waals surface area (Å²) in [6.45, 7) is 5.55. The van der Waals surface area contributed by atoms with Crippen LogP contribution in [0.1, 0.15) is 12.5 Å². The molecule has 5 nitrogen and oxygen atoms in total. The number of nitrogens with one attached hydrogen (secondary N) is 1. The Labute approximate surface area is 101 Å². The highest BCUT2D eigenvalue weighted by Gasteiger charge is 2.17. The van der Waals surface area contributed by atoms with E-state index in [1.54, 1.807) is 6.07 Å². The molecule has 2 rings (SSSR count). The Bertz CT molecular complexity index is 456. The van der Waals surface area contributed by atoms with E-state index in [2.05, 4.69) is 10.3 Å². The molecule has 1 aromatic carbocycles. The lowest BCUT2D eigenvalue weighted by Crippen LogP contribution is -2.33. The molecule has 0 aromatic heterocycles. The lowest BCUT2D eigenvalue weighted by molar-refractivity contribution is 0.282. The minimum Gasteiger partial charge on any atom is -0.482 e. The van der Waals surface area contributed by atoms with Crippen molar-refractivity contribution in [2.75, 3.05) is 24.6 Å². The maximum absolute atomic E-state index is 5.86. The molecular weight excluding hydrogens is 216 g/mol. The van der Waals surface area contributed by atoms with Crippen LogP contribution in [0.5, 0.6) is 5.75 Å². The van der Waals surface area contributed by atoms with E-state index in [1.165, 1.54) is 0 Å². The van der Waals surface area contributed by atoms with E-state index < -0.39 is 0 Å². The zero-order chi connectivity index (χ0) is 12.4. The summed E-state index contributed by atoms with van der Waals surface area (Å²) >= 11 is 0. The first kappa shape index (κ1) is 11.6. The fourth-order valence-electron chi connectivity index (χ4n) is 1.79. The maximum Gasteiger partial charge on any atom is 0.152 e. The first-order chi connectivity index (χ1) is 8.09. The molecule has 0 saturated heterocycles. The van der Waals surface area contributed by atoms with Gasteiger partial charge in [0.15, 0.2) is 6.10 Å². The number of hydrogen-bond donors (Lipinski definition) is 3. The summed E-state index contributed by atoms with van der Waals surface area (Å²) in [4.78, 5) is 4.33. The van der Waals surface area contributed by atoms with Gasteiger partial charge in [-0.05, 0) is 26.0 Å². The molecule has 1 aliphatic rings. The summed E-state index contributed by atoms with van der Waals surface area (Å²) in [5, 5.41) is 3.19. The van der Waals surface area contributed by atoms with Gasteiger partial charge in [0, 0.05) is 12.1 Å². The van der Waals surface area contributed by atoms with Crippen molar-refractivity contribution in [2.45, 2.75) is 20.0 Å². The molecule has 1 heterocycles. The predicted octanol–water partition coefficient (Wildman–Crippen LogP) is 0.928. The summed E-state index contributed by atoms with van der Waals surface area (Å²) in [5.74, 6) is 1.64. The number of hydrogen-bond acceptors (Lipinski definition) is 5. The second kappa shape index (κ2) is 4.53. The Morgan fingerprint density at radius 2 is 2.18 bits per heavy atom. The van der Waals surface area contributed by atoms with E-state index >= 15 is 0 Å². The second-order valence-corrected chi connectivity index (χ2v) is 4.15. The van der Waals surface area contributed by atoms with Crippen LogP contribution < -0.4 is 21.5 Å². The Hall–Kier alpha value is -1.91. The number of nitrogens with two attached hydrogens (primary N) is 2. The number of benzene rings is 1. The van der Waals surface area contributed by atoms with Crippen molar-refractivity contribution in [2.24, 2.45) is 4.99 Å². The Morgan fingerprint density at radius 3 is 2.82 bits per heavy atom. The number of ether oxygens (including phenoxy) is 1. The van der Waals surface area contributed by atoms with Crippen LogP contribution in [0.15, 0.2) is 17.1 Å². The van der Waals surface area contributed by atoms with E-state index in [0.29, 0.717) is 11.4 Å². The van der Waals surface area contributed by atoms with Crippen molar-refractivity contribution in [1.82, 2.24) is 5.32 Å². The lowest BCUT2D eigenvalue weighted by atomic mass is 10.1. The van der Waals surface area contributed by atoms with Gasteiger partial charge in [-0.25, -0.2) is 0 Å². The van der Waals surface area contributed by atoms with Crippen molar-refractivity contribution < 1.29 is 4.74 Å². The zero-order valence-corrected chi connectivity index (χ0v) is 10.2. The topological polar surface area (TPSA) is 85.7 Å². The van der Waals surface area contributed by atoms with E-state index in [1.807, 2.05) is 19.9 Å². The number of nitrogens with zero attached hydrogens (tertiary/aromatic N) is 1. The van der Waals surface area contributed by atoms with Gasteiger partial charge < -0.3 is 21.5 Å². The number of rotatable bonds is 3. The van der Waals surface area contributed by atoms with Crippen LogP contribution in [-0.2, 0) is 0 Å². The van der Waals surface area contributed by atoms with Gasteiger partial charge in [-0.2, -0.15) is 0 Å². The van der Waals surface area contributed by atoms with Gasteiger partial charge in [0.05, 0.1) is 17.9 Å². The van der Waals surface area contributed by atoms with Gasteiger partial charge in [-0.1, -0.05) is 0 Å². The summed E-state index contributed by atoms with van der Waals surface area (Å²) in [6, 6.07) is 3.60. The summed E-state index contributed by atoms with van der Waals surface area (Å²) in [6.07, 6.45) is -0.0979. The average Bonchev–Trinajstić information content (AvgIpc) is 2.83. The maximum atomic E-state index is 5.86. The molecule has 0 radical (unpaired) electrons. The number of amidine groups is 1. The zero-order valence-electron chi connectivity index (χ0n) is 10.2. The average molecular weight is 234 g/mol. The van der Waals surface area contributed by atoms with Gasteiger partial charge >= 0.3 is 0 Å². The number of nitrogen functional groups attached to an aromatic ring is 2. The van der Waals surface area contributed by atoms with Crippen LogP contribution in [0.3, 0.4) is 0 Å². The third-order valence-corrected chi connectivity index (χ3v) is 2.89. The molecule has 5 N–H and O–H groups in total. The molecule has 17 heavy (non-hydrogen) atoms. The van der Waals surface area contributed by atoms with Crippen molar-refractivity contribution >= 4 is 17.2 Å². The third kappa shape index (κ3) is 2.27. The van der Waals surface area contributed by atoms with Crippen LogP contribution in [0.25, 0.3) is 0 Å². The largest absolute Gasteiger partial charge is 0.482 e. The SMILES string of the molecule is Cc1c(OC(C)C2=NCCN2)ccc(N)c1N. The highest BCUT2D eigenvalue weighted by Crippen LogP contribution is 2.29. The molecule has 92 valence electrons. The van der Waals surface area contributed by atoms with Gasteiger partial charge in [-0.3, -0.25) is 4.99 Å². The minimum absolute atomic E-state index is 0.0979. The van der Waals surface area contributed by atoms with Crippen LogP contribution in [-0.4, -0.2) is 25.0 Å². The van der Waals surface area contributed by atoms with Gasteiger partial charge in [-0.15, -0.1) is 0 Å². The molecule has 0 fully saturated rings. The molecule has 1 unspecified atom stereocenters. The van der Waals surface area contributed by atoms with Crippen molar-refractivity contribution in [3.05, 3.63) is 17.7 Å². The summed E-state index contributed by atoms with van der Waals surface area (Å²) in [5.41, 5.74) is 13.6. The van der Waals surface area contributed by atoms with Crippen LogP contribution >= 0.6 is 0 Å². The van der Waals surface area contributed by atoms with Crippen molar-refractivity contribution in [3.8, 4) is 5.75 Å². The van der Waals surface area contributed by atoms with E-state index in [0.717, 1.165) is 30.2 Å². The molecular formula is C12H18N4O. The van der Waals surface area contributed by atoms with Crippen LogP contribution in [0.2, 0.25) is 0 Å². The molecule has 1 aromatic rings. The quantitative estimate of drug-likeness (QED) is 0.679. The monoisotopic (exact) mass is 234 g/mol. The summed E-state index contributed by atoms with van der Waals surface area (Å²) in [7, 11) is 0. The standard InChI is InChI=1S/C12H18N4O/c1-7-10(4-3-9(13)11(7)14)17-8(2)12-15-5-6-16-12/h3-4,8H,5-6,13-14H2,1-2H3,(H,15,16). The highest BCUT2D eigenvalue weighted by molar-refractivity contribution is 5.88. The first-order valence-corrected chi connectivity index (χ1v) is 5.69. The first-order valence-electron chi connectivity index (χ1n) is 5.69. The lowest BCUT2D eigenvalue weighted by Gasteiger charge is -2.18. The molecule has 5 heteroatoms. The summed E-state index contributed by atoms with van der Waals surface area (Å²) < 4.78 is 5.84.